The first-order chi connectivity index (χ1) is 35.7. The number of carboxylic acid groups (broad SMARTS) is 1. The third-order valence-electron chi connectivity index (χ3n) is 12.9. The lowest BCUT2D eigenvalue weighted by Gasteiger charge is -2.29. The number of rotatable bonds is 22. The van der Waals surface area contributed by atoms with Crippen LogP contribution in [-0.2, 0) is 45.2 Å². The highest BCUT2D eigenvalue weighted by Crippen LogP contribution is 2.44. The van der Waals surface area contributed by atoms with Gasteiger partial charge >= 0.3 is 5.97 Å². The molecule has 4 aromatic carbocycles. The first-order valence-corrected chi connectivity index (χ1v) is 24.7. The summed E-state index contributed by atoms with van der Waals surface area (Å²) in [7, 11) is 0. The molecule has 0 saturated carbocycles. The lowest BCUT2D eigenvalue weighted by molar-refractivity contribution is -0.140. The Kier molecular flexibility index (Phi) is 17.1. The van der Waals surface area contributed by atoms with E-state index in [0.717, 1.165) is 11.3 Å². The minimum atomic E-state index is -1.25. The van der Waals surface area contributed by atoms with E-state index >= 15 is 0 Å². The Labute approximate surface area is 427 Å². The van der Waals surface area contributed by atoms with E-state index in [1.165, 1.54) is 17.0 Å². The maximum Gasteiger partial charge on any atom is 0.305 e. The van der Waals surface area contributed by atoms with Gasteiger partial charge in [0.05, 0.1) is 55.3 Å². The monoisotopic (exact) mass is 1010 g/mol. The molecular weight excluding hydrogens is 950 g/mol. The second kappa shape index (κ2) is 24.2. The summed E-state index contributed by atoms with van der Waals surface area (Å²) in [6, 6.07) is 27.1. The number of hydrogen-bond donors (Lipinski definition) is 5. The summed E-state index contributed by atoms with van der Waals surface area (Å²) < 4.78 is 30.2. The van der Waals surface area contributed by atoms with E-state index in [0.29, 0.717) is 88.8 Å². The number of imide groups is 1. The van der Waals surface area contributed by atoms with Gasteiger partial charge in [0.25, 0.3) is 11.8 Å². The predicted octanol–water partition coefficient (Wildman–Crippen LogP) is 6.75. The van der Waals surface area contributed by atoms with Gasteiger partial charge in [0.2, 0.25) is 11.8 Å². The molecule has 0 aliphatic carbocycles. The minimum absolute atomic E-state index is 0.124. The van der Waals surface area contributed by atoms with E-state index in [4.69, 9.17) is 9.47 Å². The molecule has 0 spiro atoms. The van der Waals surface area contributed by atoms with Gasteiger partial charge in [-0.3, -0.25) is 29.3 Å². The summed E-state index contributed by atoms with van der Waals surface area (Å²) >= 11 is 0. The van der Waals surface area contributed by atoms with Crippen molar-refractivity contribution in [3.8, 4) is 40.0 Å². The van der Waals surface area contributed by atoms with Gasteiger partial charge in [0.15, 0.2) is 0 Å². The maximum atomic E-state index is 14.6. The van der Waals surface area contributed by atoms with Gasteiger partial charge in [-0.25, -0.2) is 9.07 Å². The molecule has 1 unspecified atom stereocenters. The summed E-state index contributed by atoms with van der Waals surface area (Å²) in [5, 5.41) is 44.5. The molecule has 74 heavy (non-hydrogen) atoms. The third kappa shape index (κ3) is 12.8. The van der Waals surface area contributed by atoms with Gasteiger partial charge < -0.3 is 39.6 Å². The van der Waals surface area contributed by atoms with Crippen molar-refractivity contribution in [3.05, 3.63) is 143 Å². The average molecular weight is 1010 g/mol. The number of ether oxygens (including phenoxy) is 2. The van der Waals surface area contributed by atoms with Crippen molar-refractivity contribution >= 4 is 35.3 Å². The van der Waals surface area contributed by atoms with Gasteiger partial charge in [0.1, 0.15) is 24.2 Å². The van der Waals surface area contributed by atoms with Crippen molar-refractivity contribution in [2.24, 2.45) is 0 Å². The number of hydrogen-bond acceptors (Lipinski definition) is 11. The van der Waals surface area contributed by atoms with E-state index in [9.17, 15) is 43.7 Å². The summed E-state index contributed by atoms with van der Waals surface area (Å²) in [5.41, 5.74) is 6.79. The fourth-order valence-corrected chi connectivity index (χ4v) is 9.46. The van der Waals surface area contributed by atoms with Crippen LogP contribution in [0.2, 0.25) is 0 Å². The smallest absolute Gasteiger partial charge is 0.305 e. The fraction of sp³-hybridized carbons (Fsp3) is 0.339. The standard InChI is InChI=1S/C56H58FN7O10/c1-35(2)52-51(55(71)58-40-13-4-3-5-14-40)50(53(37-18-20-39(57)21-19-37)63(52)25-24-42(65)31-43(66)32-49(68)69)38-11-6-16-44(30-38)74-28-9-15-41-33-62(61-60-41)26-29-73-27-8-12-36-10-7-17-45-46(36)34-64(56(45)72)47-22-23-48(67)59-54(47)70/h3-7,10-11,13-14,16-21,30,33,35,42-43,47,65-66H,9,15,22-29,31-32,34H2,1-2H3,(H,58,71)(H,68,69)(H,59,67,70)/t42-,43-,47?/m1/s1. The van der Waals surface area contributed by atoms with E-state index in [2.05, 4.69) is 32.8 Å². The van der Waals surface area contributed by atoms with Crippen molar-refractivity contribution < 1.29 is 53.2 Å². The van der Waals surface area contributed by atoms with Crippen molar-refractivity contribution in [1.29, 1.82) is 0 Å². The molecule has 4 heterocycles. The second-order valence-corrected chi connectivity index (χ2v) is 18.6. The topological polar surface area (TPSA) is 227 Å². The molecular formula is C56H58FN7O10. The molecule has 1 saturated heterocycles. The number of aliphatic hydroxyl groups is 2. The number of aliphatic carboxylic acids is 1. The zero-order valence-electron chi connectivity index (χ0n) is 41.1. The van der Waals surface area contributed by atoms with Crippen LogP contribution in [0.4, 0.5) is 10.1 Å². The first-order valence-electron chi connectivity index (χ1n) is 24.7. The number of aliphatic hydroxyl groups excluding tert-OH is 2. The van der Waals surface area contributed by atoms with Gasteiger partial charge in [-0.2, -0.15) is 0 Å². The van der Waals surface area contributed by atoms with Crippen LogP contribution >= 0.6 is 0 Å². The van der Waals surface area contributed by atoms with Crippen molar-refractivity contribution in [1.82, 2.24) is 29.8 Å². The molecule has 17 nitrogen and oxygen atoms in total. The average Bonchev–Trinajstić information content (AvgIpc) is 4.08. The zero-order valence-corrected chi connectivity index (χ0v) is 41.1. The molecule has 5 N–H and O–H groups in total. The predicted molar refractivity (Wildman–Crippen MR) is 271 cm³/mol. The van der Waals surface area contributed by atoms with Crippen LogP contribution in [-0.4, -0.2) is 107 Å². The highest BCUT2D eigenvalue weighted by Gasteiger charge is 2.40. The number of carbonyl (C=O) groups is 5. The Morgan fingerprint density at radius 1 is 0.932 bits per heavy atom. The number of nitrogens with zero attached hydrogens (tertiary/aromatic N) is 5. The molecule has 2 aliphatic rings. The summed E-state index contributed by atoms with van der Waals surface area (Å²) in [5.74, 6) is 3.39. The van der Waals surface area contributed by atoms with Crippen LogP contribution in [0, 0.1) is 17.7 Å². The fourth-order valence-electron chi connectivity index (χ4n) is 9.46. The highest BCUT2D eigenvalue weighted by molar-refractivity contribution is 6.12. The molecule has 18 heteroatoms. The number of benzene rings is 4. The maximum absolute atomic E-state index is 14.6. The van der Waals surface area contributed by atoms with Crippen molar-refractivity contribution in [2.45, 2.75) is 103 Å². The zero-order chi connectivity index (χ0) is 52.3. The Morgan fingerprint density at radius 2 is 1.72 bits per heavy atom. The van der Waals surface area contributed by atoms with Gasteiger partial charge in [0, 0.05) is 53.8 Å². The number of fused-ring (bicyclic) bond motifs is 1. The van der Waals surface area contributed by atoms with E-state index in [-0.39, 0.29) is 69.0 Å². The molecule has 2 aliphatic heterocycles. The van der Waals surface area contributed by atoms with Crippen LogP contribution in [0.5, 0.6) is 5.75 Å². The van der Waals surface area contributed by atoms with Crippen LogP contribution < -0.4 is 15.4 Å². The quantitative estimate of drug-likeness (QED) is 0.0271. The number of amides is 4. The first kappa shape index (κ1) is 52.3. The number of aromatic nitrogens is 4. The Morgan fingerprint density at radius 3 is 2.47 bits per heavy atom. The number of halogens is 1. The van der Waals surface area contributed by atoms with E-state index < -0.39 is 42.4 Å². The number of piperidine rings is 1. The molecule has 6 aromatic rings. The van der Waals surface area contributed by atoms with Crippen LogP contribution in [0.15, 0.2) is 103 Å². The number of para-hydroxylation sites is 1. The van der Waals surface area contributed by atoms with Gasteiger partial charge in [-0.1, -0.05) is 67.3 Å². The van der Waals surface area contributed by atoms with E-state index in [1.54, 1.807) is 41.1 Å². The van der Waals surface area contributed by atoms with Crippen molar-refractivity contribution in [2.75, 3.05) is 25.1 Å². The Bertz CT molecular complexity index is 3070. The SMILES string of the molecule is CC(C)c1c(C(=O)Nc2ccccc2)c(-c2cccc(OCCCc3cn(CCOCC#Cc4cccc5c4CN(C4CCC(=O)NC4=O)C5=O)nn3)c2)c(-c2ccc(F)cc2)n1CC[C@@H](O)C[C@@H](O)CC(=O)O. The second-order valence-electron chi connectivity index (χ2n) is 18.6. The van der Waals surface area contributed by atoms with Crippen LogP contribution in [0.25, 0.3) is 22.4 Å². The number of carbonyl (C=O) groups excluding carboxylic acids is 4. The molecule has 1 fully saturated rings. The molecule has 8 rings (SSSR count). The molecule has 0 radical (unpaired) electrons. The largest absolute Gasteiger partial charge is 0.494 e. The molecule has 3 atom stereocenters. The van der Waals surface area contributed by atoms with Crippen LogP contribution in [0.1, 0.15) is 102 Å². The summed E-state index contributed by atoms with van der Waals surface area (Å²) in [6.45, 7) is 5.59. The summed E-state index contributed by atoms with van der Waals surface area (Å²) in [4.78, 5) is 64.7. The number of aryl methyl sites for hydroxylation is 1. The normalized spacial score (nSPS) is 15.1. The Hall–Kier alpha value is -7.98. The molecule has 384 valence electrons. The molecule has 0 bridgehead atoms. The lowest BCUT2D eigenvalue weighted by atomic mass is 9.94. The number of nitrogens with one attached hydrogen (secondary N) is 2. The molecule has 4 amide bonds. The number of carboxylic acids is 1. The third-order valence-corrected chi connectivity index (χ3v) is 12.9. The van der Waals surface area contributed by atoms with Gasteiger partial charge in [-0.05, 0) is 115 Å². The van der Waals surface area contributed by atoms with Crippen molar-refractivity contribution in [3.63, 3.8) is 0 Å². The van der Waals surface area contributed by atoms with Crippen LogP contribution in [0.3, 0.4) is 0 Å². The van der Waals surface area contributed by atoms with E-state index in [1.807, 2.05) is 73.1 Å². The summed E-state index contributed by atoms with van der Waals surface area (Å²) in [6.07, 6.45) is 0.650. The van der Waals surface area contributed by atoms with Gasteiger partial charge in [-0.15, -0.1) is 5.10 Å². The Balaban J connectivity index is 0.915. The number of anilines is 1. The minimum Gasteiger partial charge on any atom is -0.494 e. The lowest BCUT2D eigenvalue weighted by Crippen LogP contribution is -2.52. The highest BCUT2D eigenvalue weighted by atomic mass is 19.1. The molecule has 2 aromatic heterocycles.